The minimum atomic E-state index is -3.24. The van der Waals surface area contributed by atoms with Gasteiger partial charge in [-0.15, -0.1) is 0 Å². The Balaban J connectivity index is 3.62. The summed E-state index contributed by atoms with van der Waals surface area (Å²) in [5.74, 6) is -1.56. The lowest BCUT2D eigenvalue weighted by atomic mass is 10.2. The largest absolute Gasteiger partial charge is 0.481 e. The number of carbonyl (C=O) groups is 3. The molecule has 0 saturated heterocycles. The van der Waals surface area contributed by atoms with Crippen LogP contribution in [0.2, 0.25) is 0 Å². The molecule has 3 amide bonds. The molecule has 0 aliphatic rings. The molecule has 0 aliphatic carbocycles. The van der Waals surface area contributed by atoms with E-state index in [1.807, 2.05) is 5.32 Å². The zero-order valence-corrected chi connectivity index (χ0v) is 12.0. The zero-order chi connectivity index (χ0) is 15.6. The maximum Gasteiger partial charge on any atom is 0.321 e. The van der Waals surface area contributed by atoms with Gasteiger partial charge in [-0.25, -0.2) is 17.9 Å². The van der Waals surface area contributed by atoms with E-state index in [0.29, 0.717) is 6.42 Å². The first-order valence-corrected chi connectivity index (χ1v) is 7.84. The molecular formula is C10H19N3O6S. The van der Waals surface area contributed by atoms with Crippen LogP contribution in [0.5, 0.6) is 0 Å². The SMILES string of the molecule is CS(=O)(=O)NCCCNC(=O)NC(=O)CCCC(=O)O. The first-order chi connectivity index (χ1) is 9.20. The molecule has 0 heterocycles. The molecule has 0 atom stereocenters. The topological polar surface area (TPSA) is 142 Å². The maximum absolute atomic E-state index is 11.2. The van der Waals surface area contributed by atoms with E-state index < -0.39 is 27.9 Å². The van der Waals surface area contributed by atoms with E-state index in [2.05, 4.69) is 10.0 Å². The van der Waals surface area contributed by atoms with Crippen LogP contribution in [0.4, 0.5) is 4.79 Å². The van der Waals surface area contributed by atoms with Crippen LogP contribution in [0.3, 0.4) is 0 Å². The van der Waals surface area contributed by atoms with Crippen molar-refractivity contribution in [3.05, 3.63) is 0 Å². The van der Waals surface area contributed by atoms with Crippen LogP contribution in [0, 0.1) is 0 Å². The Morgan fingerprint density at radius 3 is 2.25 bits per heavy atom. The molecule has 0 bridgehead atoms. The van der Waals surface area contributed by atoms with Gasteiger partial charge in [0, 0.05) is 25.9 Å². The number of carbonyl (C=O) groups excluding carboxylic acids is 2. The van der Waals surface area contributed by atoms with Crippen molar-refractivity contribution in [3.63, 3.8) is 0 Å². The van der Waals surface area contributed by atoms with E-state index in [4.69, 9.17) is 5.11 Å². The Morgan fingerprint density at radius 1 is 1.05 bits per heavy atom. The third-order valence-corrected chi connectivity index (χ3v) is 2.78. The summed E-state index contributed by atoms with van der Waals surface area (Å²) < 4.78 is 23.7. The van der Waals surface area contributed by atoms with Gasteiger partial charge >= 0.3 is 12.0 Å². The lowest BCUT2D eigenvalue weighted by Gasteiger charge is -2.06. The van der Waals surface area contributed by atoms with Gasteiger partial charge in [0.15, 0.2) is 0 Å². The number of carboxylic acid groups (broad SMARTS) is 1. The number of hydrogen-bond donors (Lipinski definition) is 4. The van der Waals surface area contributed by atoms with Crippen LogP contribution in [-0.2, 0) is 19.6 Å². The molecule has 116 valence electrons. The van der Waals surface area contributed by atoms with E-state index in [1.54, 1.807) is 0 Å². The molecular weight excluding hydrogens is 290 g/mol. The first kappa shape index (κ1) is 18.3. The van der Waals surface area contributed by atoms with Crippen molar-refractivity contribution < 1.29 is 27.9 Å². The smallest absolute Gasteiger partial charge is 0.321 e. The fourth-order valence-corrected chi connectivity index (χ4v) is 1.70. The van der Waals surface area contributed by atoms with Crippen molar-refractivity contribution in [3.8, 4) is 0 Å². The number of aliphatic carboxylic acids is 1. The van der Waals surface area contributed by atoms with Crippen LogP contribution >= 0.6 is 0 Å². The normalized spacial score (nSPS) is 10.8. The highest BCUT2D eigenvalue weighted by molar-refractivity contribution is 7.88. The molecule has 0 aromatic heterocycles. The molecule has 0 radical (unpaired) electrons. The molecule has 0 rings (SSSR count). The Bertz CT molecular complexity index is 448. The van der Waals surface area contributed by atoms with E-state index in [9.17, 15) is 22.8 Å². The number of rotatable bonds is 9. The van der Waals surface area contributed by atoms with Gasteiger partial charge in [-0.2, -0.15) is 0 Å². The lowest BCUT2D eigenvalue weighted by Crippen LogP contribution is -2.40. The average Bonchev–Trinajstić information content (AvgIpc) is 2.26. The van der Waals surface area contributed by atoms with Crippen molar-refractivity contribution in [2.24, 2.45) is 0 Å². The summed E-state index contributed by atoms with van der Waals surface area (Å²) in [4.78, 5) is 32.6. The van der Waals surface area contributed by atoms with Gasteiger partial charge in [0.25, 0.3) is 0 Å². The Morgan fingerprint density at radius 2 is 1.70 bits per heavy atom. The van der Waals surface area contributed by atoms with E-state index in [1.165, 1.54) is 0 Å². The fourth-order valence-electron chi connectivity index (χ4n) is 1.18. The number of carboxylic acids is 1. The summed E-state index contributed by atoms with van der Waals surface area (Å²) in [6, 6.07) is -0.690. The predicted molar refractivity (Wildman–Crippen MR) is 70.5 cm³/mol. The monoisotopic (exact) mass is 309 g/mol. The van der Waals surface area contributed by atoms with E-state index >= 15 is 0 Å². The number of nitrogens with one attached hydrogen (secondary N) is 3. The quantitative estimate of drug-likeness (QED) is 0.403. The van der Waals surface area contributed by atoms with Gasteiger partial charge < -0.3 is 10.4 Å². The summed E-state index contributed by atoms with van der Waals surface area (Å²) in [7, 11) is -3.24. The van der Waals surface area contributed by atoms with Gasteiger partial charge in [-0.3, -0.25) is 14.9 Å². The highest BCUT2D eigenvalue weighted by atomic mass is 32.2. The molecule has 0 aliphatic heterocycles. The summed E-state index contributed by atoms with van der Waals surface area (Å²) >= 11 is 0. The summed E-state index contributed by atoms with van der Waals surface area (Å²) in [6.45, 7) is 0.391. The lowest BCUT2D eigenvalue weighted by molar-refractivity contribution is -0.137. The van der Waals surface area contributed by atoms with Crippen LogP contribution in [0.25, 0.3) is 0 Å². The number of urea groups is 1. The Labute approximate surface area is 117 Å². The third-order valence-electron chi connectivity index (χ3n) is 2.05. The zero-order valence-electron chi connectivity index (χ0n) is 11.1. The summed E-state index contributed by atoms with van der Waals surface area (Å²) in [5.41, 5.74) is 0. The standard InChI is InChI=1S/C10H19N3O6S/c1-20(18,19)12-7-3-6-11-10(17)13-8(14)4-2-5-9(15)16/h12H,2-7H2,1H3,(H,15,16)(H2,11,13,14,17). The van der Waals surface area contributed by atoms with Gasteiger partial charge in [-0.05, 0) is 12.8 Å². The van der Waals surface area contributed by atoms with Gasteiger partial charge in [-0.1, -0.05) is 0 Å². The van der Waals surface area contributed by atoms with Crippen molar-refractivity contribution in [1.82, 2.24) is 15.4 Å². The molecule has 4 N–H and O–H groups in total. The van der Waals surface area contributed by atoms with Gasteiger partial charge in [0.1, 0.15) is 0 Å². The Hall–Kier alpha value is -1.68. The number of imide groups is 1. The highest BCUT2D eigenvalue weighted by Crippen LogP contribution is 1.94. The minimum Gasteiger partial charge on any atom is -0.481 e. The summed E-state index contributed by atoms with van der Waals surface area (Å²) in [5, 5.41) is 12.8. The first-order valence-electron chi connectivity index (χ1n) is 5.95. The molecule has 0 unspecified atom stereocenters. The van der Waals surface area contributed by atoms with Crippen LogP contribution in [0.1, 0.15) is 25.7 Å². The molecule has 0 aromatic rings. The van der Waals surface area contributed by atoms with Crippen LogP contribution in [-0.4, -0.2) is 50.8 Å². The van der Waals surface area contributed by atoms with Crippen LogP contribution in [0.15, 0.2) is 0 Å². The molecule has 20 heavy (non-hydrogen) atoms. The molecule has 0 spiro atoms. The third kappa shape index (κ3) is 12.8. The van der Waals surface area contributed by atoms with Gasteiger partial charge in [0.05, 0.1) is 6.26 Å². The molecule has 9 nitrogen and oxygen atoms in total. The minimum absolute atomic E-state index is 0.0463. The van der Waals surface area contributed by atoms with Crippen molar-refractivity contribution in [2.75, 3.05) is 19.3 Å². The number of sulfonamides is 1. The maximum atomic E-state index is 11.2. The fraction of sp³-hybridized carbons (Fsp3) is 0.700. The van der Waals surface area contributed by atoms with Crippen molar-refractivity contribution >= 4 is 27.9 Å². The van der Waals surface area contributed by atoms with E-state index in [-0.39, 0.29) is 32.4 Å². The van der Waals surface area contributed by atoms with E-state index in [0.717, 1.165) is 6.26 Å². The number of hydrogen-bond acceptors (Lipinski definition) is 5. The second-order valence-electron chi connectivity index (χ2n) is 4.07. The average molecular weight is 309 g/mol. The summed E-state index contributed by atoms with van der Waals surface area (Å²) in [6.07, 6.45) is 1.39. The van der Waals surface area contributed by atoms with Gasteiger partial charge in [0.2, 0.25) is 15.9 Å². The second-order valence-corrected chi connectivity index (χ2v) is 5.90. The molecule has 0 aromatic carbocycles. The highest BCUT2D eigenvalue weighted by Gasteiger charge is 2.08. The predicted octanol–water partition coefficient (Wildman–Crippen LogP) is -0.994. The Kier molecular flexibility index (Phi) is 8.48. The van der Waals surface area contributed by atoms with Crippen molar-refractivity contribution in [2.45, 2.75) is 25.7 Å². The van der Waals surface area contributed by atoms with Crippen molar-refractivity contribution in [1.29, 1.82) is 0 Å². The molecule has 10 heteroatoms. The number of amides is 3. The van der Waals surface area contributed by atoms with Crippen LogP contribution < -0.4 is 15.4 Å². The molecule has 0 fully saturated rings. The molecule has 0 saturated carbocycles. The second kappa shape index (κ2) is 9.26.